The first-order chi connectivity index (χ1) is 9.74. The van der Waals surface area contributed by atoms with Gasteiger partial charge in [-0.3, -0.25) is 4.90 Å². The molecule has 0 aromatic heterocycles. The van der Waals surface area contributed by atoms with Crippen LogP contribution in [0.15, 0.2) is 28.7 Å². The van der Waals surface area contributed by atoms with Gasteiger partial charge in [0.05, 0.1) is 0 Å². The Labute approximate surface area is 132 Å². The van der Waals surface area contributed by atoms with Crippen molar-refractivity contribution in [3.05, 3.63) is 34.3 Å². The molecule has 1 atom stereocenters. The maximum Gasteiger partial charge on any atom is 0.0345 e. The molecule has 3 heteroatoms. The highest BCUT2D eigenvalue weighted by Gasteiger charge is 2.24. The van der Waals surface area contributed by atoms with Gasteiger partial charge in [-0.1, -0.05) is 35.0 Å². The standard InChI is InChI=1S/C17H27BrN2/c1-3-17(15-4-6-16(18)7-5-15)20-12-9-14(10-13-20)8-11-19-2/h4-7,14,17,19H,3,8-13H2,1-2H3. The summed E-state index contributed by atoms with van der Waals surface area (Å²) in [6.07, 6.45) is 5.24. The molecule has 112 valence electrons. The predicted octanol–water partition coefficient (Wildman–Crippen LogP) is 4.22. The van der Waals surface area contributed by atoms with Crippen LogP contribution >= 0.6 is 15.9 Å². The van der Waals surface area contributed by atoms with Crippen molar-refractivity contribution >= 4 is 15.9 Å². The smallest absolute Gasteiger partial charge is 0.0345 e. The van der Waals surface area contributed by atoms with Crippen molar-refractivity contribution in [1.29, 1.82) is 0 Å². The molecule has 1 aliphatic rings. The summed E-state index contributed by atoms with van der Waals surface area (Å²) in [6, 6.07) is 9.46. The van der Waals surface area contributed by atoms with Crippen LogP contribution in [-0.2, 0) is 0 Å². The summed E-state index contributed by atoms with van der Waals surface area (Å²) in [5.74, 6) is 0.918. The molecule has 0 saturated carbocycles. The van der Waals surface area contributed by atoms with Crippen molar-refractivity contribution in [1.82, 2.24) is 10.2 Å². The molecular formula is C17H27BrN2. The van der Waals surface area contributed by atoms with Gasteiger partial charge in [0.2, 0.25) is 0 Å². The maximum atomic E-state index is 3.52. The third-order valence-corrected chi connectivity index (χ3v) is 5.06. The lowest BCUT2D eigenvalue weighted by molar-refractivity contribution is 0.126. The summed E-state index contributed by atoms with van der Waals surface area (Å²) in [7, 11) is 2.05. The predicted molar refractivity (Wildman–Crippen MR) is 90.0 cm³/mol. The van der Waals surface area contributed by atoms with Gasteiger partial charge < -0.3 is 5.32 Å². The normalized spacial score (nSPS) is 19.1. The highest BCUT2D eigenvalue weighted by atomic mass is 79.9. The molecule has 1 fully saturated rings. The van der Waals surface area contributed by atoms with Crippen LogP contribution in [0.4, 0.5) is 0 Å². The summed E-state index contributed by atoms with van der Waals surface area (Å²) in [6.45, 7) is 5.97. The minimum absolute atomic E-state index is 0.591. The monoisotopic (exact) mass is 338 g/mol. The Morgan fingerprint density at radius 2 is 1.90 bits per heavy atom. The van der Waals surface area contributed by atoms with Gasteiger partial charge in [-0.05, 0) is 76.0 Å². The lowest BCUT2D eigenvalue weighted by atomic mass is 9.91. The van der Waals surface area contributed by atoms with Gasteiger partial charge in [0.1, 0.15) is 0 Å². The summed E-state index contributed by atoms with van der Waals surface area (Å²) >= 11 is 3.52. The second-order valence-corrected chi connectivity index (χ2v) is 6.76. The molecule has 0 amide bonds. The summed E-state index contributed by atoms with van der Waals surface area (Å²) in [5.41, 5.74) is 1.46. The SMILES string of the molecule is CCC(c1ccc(Br)cc1)N1CCC(CCNC)CC1. The Morgan fingerprint density at radius 3 is 2.45 bits per heavy atom. The molecule has 1 aromatic carbocycles. The fourth-order valence-electron chi connectivity index (χ4n) is 3.29. The average Bonchev–Trinajstić information content (AvgIpc) is 2.49. The third-order valence-electron chi connectivity index (χ3n) is 4.53. The molecule has 0 radical (unpaired) electrons. The van der Waals surface area contributed by atoms with Gasteiger partial charge in [-0.25, -0.2) is 0 Å². The second-order valence-electron chi connectivity index (χ2n) is 5.85. The number of halogens is 1. The molecular weight excluding hydrogens is 312 g/mol. The van der Waals surface area contributed by atoms with E-state index >= 15 is 0 Å². The van der Waals surface area contributed by atoms with Crippen molar-refractivity contribution in [3.63, 3.8) is 0 Å². The van der Waals surface area contributed by atoms with E-state index in [-0.39, 0.29) is 0 Å². The molecule has 0 spiro atoms. The van der Waals surface area contributed by atoms with Crippen LogP contribution in [0.3, 0.4) is 0 Å². The summed E-state index contributed by atoms with van der Waals surface area (Å²) < 4.78 is 1.17. The fourth-order valence-corrected chi connectivity index (χ4v) is 3.56. The number of hydrogen-bond donors (Lipinski definition) is 1. The van der Waals surface area contributed by atoms with E-state index in [0.717, 1.165) is 12.5 Å². The number of benzene rings is 1. The second kappa shape index (κ2) is 8.16. The van der Waals surface area contributed by atoms with E-state index in [4.69, 9.17) is 0 Å². The van der Waals surface area contributed by atoms with E-state index in [1.807, 2.05) is 0 Å². The van der Waals surface area contributed by atoms with Gasteiger partial charge in [-0.15, -0.1) is 0 Å². The number of likely N-dealkylation sites (tertiary alicyclic amines) is 1. The first-order valence-electron chi connectivity index (χ1n) is 7.88. The minimum atomic E-state index is 0.591. The van der Waals surface area contributed by atoms with Crippen LogP contribution < -0.4 is 5.32 Å². The fraction of sp³-hybridized carbons (Fsp3) is 0.647. The average molecular weight is 339 g/mol. The zero-order valence-electron chi connectivity index (χ0n) is 12.7. The molecule has 1 aliphatic heterocycles. The van der Waals surface area contributed by atoms with Crippen molar-refractivity contribution < 1.29 is 0 Å². The number of nitrogens with zero attached hydrogens (tertiary/aromatic N) is 1. The maximum absolute atomic E-state index is 3.52. The molecule has 2 rings (SSSR count). The summed E-state index contributed by atoms with van der Waals surface area (Å²) in [4.78, 5) is 2.68. The minimum Gasteiger partial charge on any atom is -0.320 e. The lowest BCUT2D eigenvalue weighted by Gasteiger charge is -2.37. The third kappa shape index (κ3) is 4.31. The number of rotatable bonds is 6. The van der Waals surface area contributed by atoms with E-state index < -0.39 is 0 Å². The van der Waals surface area contributed by atoms with Crippen LogP contribution in [0.1, 0.15) is 44.2 Å². The van der Waals surface area contributed by atoms with Gasteiger partial charge in [0, 0.05) is 10.5 Å². The van der Waals surface area contributed by atoms with Crippen LogP contribution in [0.2, 0.25) is 0 Å². The molecule has 20 heavy (non-hydrogen) atoms. The zero-order valence-corrected chi connectivity index (χ0v) is 14.3. The van der Waals surface area contributed by atoms with Gasteiger partial charge in [-0.2, -0.15) is 0 Å². The molecule has 0 aliphatic carbocycles. The number of nitrogens with one attached hydrogen (secondary N) is 1. The van der Waals surface area contributed by atoms with Crippen molar-refractivity contribution in [3.8, 4) is 0 Å². The van der Waals surface area contributed by atoms with Crippen molar-refractivity contribution in [2.45, 2.75) is 38.6 Å². The van der Waals surface area contributed by atoms with Crippen LogP contribution in [0.25, 0.3) is 0 Å². The van der Waals surface area contributed by atoms with Gasteiger partial charge in [0.15, 0.2) is 0 Å². The Morgan fingerprint density at radius 1 is 1.25 bits per heavy atom. The molecule has 1 N–H and O–H groups in total. The Kier molecular flexibility index (Phi) is 6.53. The van der Waals surface area contributed by atoms with Gasteiger partial charge >= 0.3 is 0 Å². The topological polar surface area (TPSA) is 15.3 Å². The molecule has 1 aromatic rings. The largest absolute Gasteiger partial charge is 0.320 e. The Hall–Kier alpha value is -0.380. The van der Waals surface area contributed by atoms with E-state index in [1.54, 1.807) is 0 Å². The molecule has 2 nitrogen and oxygen atoms in total. The lowest BCUT2D eigenvalue weighted by Crippen LogP contribution is -2.37. The molecule has 1 saturated heterocycles. The molecule has 0 bridgehead atoms. The summed E-state index contributed by atoms with van der Waals surface area (Å²) in [5, 5.41) is 3.27. The van der Waals surface area contributed by atoms with Gasteiger partial charge in [0.25, 0.3) is 0 Å². The molecule has 1 unspecified atom stereocenters. The first-order valence-corrected chi connectivity index (χ1v) is 8.68. The highest BCUT2D eigenvalue weighted by molar-refractivity contribution is 9.10. The van der Waals surface area contributed by atoms with E-state index in [0.29, 0.717) is 6.04 Å². The van der Waals surface area contributed by atoms with E-state index in [9.17, 15) is 0 Å². The number of piperidine rings is 1. The van der Waals surface area contributed by atoms with Crippen LogP contribution in [0.5, 0.6) is 0 Å². The Bertz CT molecular complexity index is 382. The quantitative estimate of drug-likeness (QED) is 0.835. The Balaban J connectivity index is 1.91. The zero-order chi connectivity index (χ0) is 14.4. The van der Waals surface area contributed by atoms with E-state index in [2.05, 4.69) is 64.4 Å². The van der Waals surface area contributed by atoms with E-state index in [1.165, 1.54) is 48.8 Å². The number of hydrogen-bond acceptors (Lipinski definition) is 2. The van der Waals surface area contributed by atoms with Crippen molar-refractivity contribution in [2.75, 3.05) is 26.7 Å². The van der Waals surface area contributed by atoms with Crippen molar-refractivity contribution in [2.24, 2.45) is 5.92 Å². The first kappa shape index (κ1) is 16.0. The van der Waals surface area contributed by atoms with Crippen LogP contribution in [-0.4, -0.2) is 31.6 Å². The van der Waals surface area contributed by atoms with Crippen LogP contribution in [0, 0.1) is 5.92 Å². The molecule has 1 heterocycles. The highest BCUT2D eigenvalue weighted by Crippen LogP contribution is 2.30.